The van der Waals surface area contributed by atoms with Crippen LogP contribution in [0.3, 0.4) is 0 Å². The quantitative estimate of drug-likeness (QED) is 0.382. The number of hydrogen-bond acceptors (Lipinski definition) is 5. The van der Waals surface area contributed by atoms with Gasteiger partial charge in [0, 0.05) is 13.6 Å². The van der Waals surface area contributed by atoms with E-state index in [-0.39, 0.29) is 13.1 Å². The Bertz CT molecular complexity index is 348. The van der Waals surface area contributed by atoms with Crippen LogP contribution in [0, 0.1) is 17.2 Å². The van der Waals surface area contributed by atoms with Crippen LogP contribution < -0.4 is 5.32 Å². The molecule has 0 bridgehead atoms. The van der Waals surface area contributed by atoms with Crippen molar-refractivity contribution in [3.63, 3.8) is 0 Å². The summed E-state index contributed by atoms with van der Waals surface area (Å²) in [6.07, 6.45) is 0. The van der Waals surface area contributed by atoms with Crippen LogP contribution >= 0.6 is 0 Å². The molecule has 7 heteroatoms. The zero-order valence-electron chi connectivity index (χ0n) is 10.0. The number of nitrogens with one attached hydrogen (secondary N) is 1. The van der Waals surface area contributed by atoms with Gasteiger partial charge in [0.2, 0.25) is 0 Å². The third-order valence-corrected chi connectivity index (χ3v) is 2.02. The number of amides is 2. The second-order valence-corrected chi connectivity index (χ2v) is 3.45. The van der Waals surface area contributed by atoms with Gasteiger partial charge in [0.25, 0.3) is 0 Å². The van der Waals surface area contributed by atoms with E-state index in [9.17, 15) is 14.4 Å². The summed E-state index contributed by atoms with van der Waals surface area (Å²) in [4.78, 5) is 34.9. The van der Waals surface area contributed by atoms with Crippen molar-refractivity contribution in [2.75, 3.05) is 27.2 Å². The molecule has 0 aliphatic rings. The van der Waals surface area contributed by atoms with Gasteiger partial charge in [0.1, 0.15) is 6.54 Å². The summed E-state index contributed by atoms with van der Waals surface area (Å²) in [5.41, 5.74) is 0. The predicted octanol–water partition coefficient (Wildman–Crippen LogP) is -1.11. The Morgan fingerprint density at radius 3 is 2.53 bits per heavy atom. The third kappa shape index (κ3) is 4.97. The van der Waals surface area contributed by atoms with Gasteiger partial charge in [0.05, 0.1) is 19.1 Å². The molecule has 0 aromatic rings. The van der Waals surface area contributed by atoms with Gasteiger partial charge in [-0.1, -0.05) is 6.92 Å². The first kappa shape index (κ1) is 14.9. The van der Waals surface area contributed by atoms with Gasteiger partial charge in [0.15, 0.2) is 0 Å². The molecule has 0 heterocycles. The largest absolute Gasteiger partial charge is 0.469 e. The van der Waals surface area contributed by atoms with Gasteiger partial charge in [-0.15, -0.1) is 0 Å². The highest BCUT2D eigenvalue weighted by molar-refractivity contribution is 6.34. The summed E-state index contributed by atoms with van der Waals surface area (Å²) < 4.78 is 4.50. The smallest absolute Gasteiger partial charge is 0.311 e. The topological polar surface area (TPSA) is 99.5 Å². The molecule has 0 aromatic heterocycles. The zero-order chi connectivity index (χ0) is 13.4. The summed E-state index contributed by atoms with van der Waals surface area (Å²) in [6.45, 7) is 1.43. The normalized spacial score (nSPS) is 10.9. The van der Waals surface area contributed by atoms with Crippen molar-refractivity contribution >= 4 is 17.8 Å². The van der Waals surface area contributed by atoms with E-state index in [2.05, 4.69) is 10.1 Å². The summed E-state index contributed by atoms with van der Waals surface area (Å²) in [5, 5.41) is 10.4. The minimum atomic E-state index is -0.869. The van der Waals surface area contributed by atoms with E-state index in [1.165, 1.54) is 14.2 Å². The van der Waals surface area contributed by atoms with Gasteiger partial charge in [-0.25, -0.2) is 0 Å². The molecule has 0 aliphatic heterocycles. The van der Waals surface area contributed by atoms with E-state index in [1.807, 2.05) is 0 Å². The third-order valence-electron chi connectivity index (χ3n) is 2.02. The molecular formula is C10H15N3O4. The maximum absolute atomic E-state index is 11.4. The number of carbonyl (C=O) groups is 3. The van der Waals surface area contributed by atoms with Crippen LogP contribution in [0.4, 0.5) is 0 Å². The molecule has 0 spiro atoms. The number of likely N-dealkylation sites (N-methyl/N-ethyl adjacent to an activating group) is 1. The van der Waals surface area contributed by atoms with Crippen molar-refractivity contribution < 1.29 is 19.1 Å². The Kier molecular flexibility index (Phi) is 6.33. The molecule has 1 N–H and O–H groups in total. The van der Waals surface area contributed by atoms with E-state index in [1.54, 1.807) is 13.0 Å². The molecule has 0 aromatic carbocycles. The van der Waals surface area contributed by atoms with Gasteiger partial charge >= 0.3 is 17.8 Å². The lowest BCUT2D eigenvalue weighted by molar-refractivity contribution is -0.149. The molecule has 17 heavy (non-hydrogen) atoms. The molecule has 1 atom stereocenters. The van der Waals surface area contributed by atoms with E-state index < -0.39 is 23.7 Å². The maximum atomic E-state index is 11.4. The number of esters is 1. The Labute approximate surface area is 99.3 Å². The van der Waals surface area contributed by atoms with Crippen LogP contribution in [-0.4, -0.2) is 49.9 Å². The Morgan fingerprint density at radius 2 is 2.06 bits per heavy atom. The summed E-state index contributed by atoms with van der Waals surface area (Å²) >= 11 is 0. The van der Waals surface area contributed by atoms with Crippen molar-refractivity contribution in [3.8, 4) is 6.07 Å². The van der Waals surface area contributed by atoms with Gasteiger partial charge < -0.3 is 15.0 Å². The number of hydrogen-bond donors (Lipinski definition) is 1. The lowest BCUT2D eigenvalue weighted by atomic mass is 10.2. The molecule has 0 saturated carbocycles. The number of rotatable bonds is 4. The molecule has 1 unspecified atom stereocenters. The summed E-state index contributed by atoms with van der Waals surface area (Å²) in [7, 11) is 2.65. The van der Waals surface area contributed by atoms with Crippen LogP contribution in [-0.2, 0) is 19.1 Å². The number of nitrogens with zero attached hydrogens (tertiary/aromatic N) is 2. The van der Waals surface area contributed by atoms with Crippen molar-refractivity contribution in [1.29, 1.82) is 5.26 Å². The lowest BCUT2D eigenvalue weighted by Crippen LogP contribution is -2.43. The first-order valence-electron chi connectivity index (χ1n) is 4.92. The molecule has 0 saturated heterocycles. The van der Waals surface area contributed by atoms with E-state index in [0.717, 1.165) is 4.90 Å². The fourth-order valence-corrected chi connectivity index (χ4v) is 1.14. The molecular weight excluding hydrogens is 226 g/mol. The lowest BCUT2D eigenvalue weighted by Gasteiger charge is -2.19. The average molecular weight is 241 g/mol. The zero-order valence-corrected chi connectivity index (χ0v) is 10.0. The fraction of sp³-hybridized carbons (Fsp3) is 0.600. The van der Waals surface area contributed by atoms with Crippen LogP contribution in [0.15, 0.2) is 0 Å². The Balaban J connectivity index is 4.27. The molecule has 0 fully saturated rings. The summed E-state index contributed by atoms with van der Waals surface area (Å²) in [5.74, 6) is -2.64. The van der Waals surface area contributed by atoms with E-state index in [4.69, 9.17) is 5.26 Å². The minimum Gasteiger partial charge on any atom is -0.469 e. The van der Waals surface area contributed by atoms with Crippen LogP contribution in [0.5, 0.6) is 0 Å². The van der Waals surface area contributed by atoms with Gasteiger partial charge in [-0.05, 0) is 0 Å². The highest BCUT2D eigenvalue weighted by Crippen LogP contribution is 2.00. The maximum Gasteiger partial charge on any atom is 0.311 e. The molecule has 94 valence electrons. The van der Waals surface area contributed by atoms with Crippen LogP contribution in [0.1, 0.15) is 6.92 Å². The first-order chi connectivity index (χ1) is 7.93. The Hall–Kier alpha value is -2.10. The predicted molar refractivity (Wildman–Crippen MR) is 57.4 cm³/mol. The minimum absolute atomic E-state index is 0.0749. The van der Waals surface area contributed by atoms with Gasteiger partial charge in [-0.3, -0.25) is 14.4 Å². The van der Waals surface area contributed by atoms with Crippen molar-refractivity contribution in [2.24, 2.45) is 5.92 Å². The molecule has 7 nitrogen and oxygen atoms in total. The van der Waals surface area contributed by atoms with Crippen molar-refractivity contribution in [3.05, 3.63) is 0 Å². The monoisotopic (exact) mass is 241 g/mol. The van der Waals surface area contributed by atoms with Crippen LogP contribution in [0.25, 0.3) is 0 Å². The van der Waals surface area contributed by atoms with Gasteiger partial charge in [-0.2, -0.15) is 5.26 Å². The molecule has 0 radical (unpaired) electrons. The molecule has 2 amide bonds. The first-order valence-corrected chi connectivity index (χ1v) is 4.92. The SMILES string of the molecule is COC(=O)C(C)CN(C)C(=O)C(=O)NCC#N. The standard InChI is InChI=1S/C10H15N3O4/c1-7(10(16)17-3)6-13(2)9(15)8(14)12-5-4-11/h7H,5-6H2,1-3H3,(H,12,14). The number of methoxy groups -OCH3 is 1. The van der Waals surface area contributed by atoms with Crippen molar-refractivity contribution in [2.45, 2.75) is 6.92 Å². The van der Waals surface area contributed by atoms with Crippen molar-refractivity contribution in [1.82, 2.24) is 10.2 Å². The number of ether oxygens (including phenoxy) is 1. The van der Waals surface area contributed by atoms with Crippen LogP contribution in [0.2, 0.25) is 0 Å². The average Bonchev–Trinajstić information content (AvgIpc) is 2.33. The van der Waals surface area contributed by atoms with E-state index >= 15 is 0 Å². The fourth-order valence-electron chi connectivity index (χ4n) is 1.14. The molecule has 0 aliphatic carbocycles. The Morgan fingerprint density at radius 1 is 1.47 bits per heavy atom. The highest BCUT2D eigenvalue weighted by atomic mass is 16.5. The number of nitriles is 1. The number of carbonyl (C=O) groups excluding carboxylic acids is 3. The molecule has 0 rings (SSSR count). The second kappa shape index (κ2) is 7.22. The highest BCUT2D eigenvalue weighted by Gasteiger charge is 2.22. The summed E-state index contributed by atoms with van der Waals surface area (Å²) in [6, 6.07) is 1.68. The van der Waals surface area contributed by atoms with E-state index in [0.29, 0.717) is 0 Å². The second-order valence-electron chi connectivity index (χ2n) is 3.45.